The Morgan fingerprint density at radius 1 is 1.21 bits per heavy atom. The van der Waals surface area contributed by atoms with Gasteiger partial charge in [0, 0.05) is 23.9 Å². The third kappa shape index (κ3) is 2.67. The van der Waals surface area contributed by atoms with Crippen molar-refractivity contribution < 1.29 is 0 Å². The molecule has 19 heavy (non-hydrogen) atoms. The van der Waals surface area contributed by atoms with Gasteiger partial charge < -0.3 is 5.32 Å². The molecular weight excluding hydrogens is 281 g/mol. The molecule has 1 N–H and O–H groups in total. The Labute approximate surface area is 123 Å². The molecule has 1 aromatic heterocycles. The summed E-state index contributed by atoms with van der Waals surface area (Å²) in [5, 5.41) is 4.08. The summed E-state index contributed by atoms with van der Waals surface area (Å²) < 4.78 is 0. The smallest absolute Gasteiger partial charge is 0.163 e. The van der Waals surface area contributed by atoms with Crippen molar-refractivity contribution in [1.82, 2.24) is 9.97 Å². The minimum absolute atomic E-state index is 0.483. The molecule has 1 heterocycles. The van der Waals surface area contributed by atoms with Gasteiger partial charge in [-0.2, -0.15) is 0 Å². The van der Waals surface area contributed by atoms with E-state index in [0.717, 1.165) is 29.1 Å². The van der Waals surface area contributed by atoms with Crippen LogP contribution in [0.1, 0.15) is 18.2 Å². The van der Waals surface area contributed by atoms with E-state index in [-0.39, 0.29) is 0 Å². The Morgan fingerprint density at radius 2 is 1.95 bits per heavy atom. The van der Waals surface area contributed by atoms with Crippen LogP contribution in [0.4, 0.5) is 5.82 Å². The third-order valence-corrected chi connectivity index (χ3v) is 3.83. The lowest BCUT2D eigenvalue weighted by molar-refractivity contribution is 0.977. The van der Waals surface area contributed by atoms with E-state index < -0.39 is 0 Å². The first kappa shape index (κ1) is 14.1. The van der Waals surface area contributed by atoms with Crippen molar-refractivity contribution in [2.45, 2.75) is 20.3 Å². The van der Waals surface area contributed by atoms with Crippen molar-refractivity contribution in [3.05, 3.63) is 39.5 Å². The van der Waals surface area contributed by atoms with E-state index in [1.165, 1.54) is 0 Å². The molecule has 0 atom stereocenters. The molecule has 100 valence electrons. The number of aromatic nitrogens is 2. The maximum absolute atomic E-state index is 6.23. The molecule has 2 aromatic rings. The third-order valence-electron chi connectivity index (χ3n) is 3.01. The van der Waals surface area contributed by atoms with Crippen molar-refractivity contribution in [2.24, 2.45) is 0 Å². The second kappa shape index (κ2) is 5.76. The zero-order valence-electron chi connectivity index (χ0n) is 11.1. The lowest BCUT2D eigenvalue weighted by Crippen LogP contribution is -2.04. The van der Waals surface area contributed by atoms with Crippen LogP contribution < -0.4 is 5.32 Å². The molecule has 0 radical (unpaired) electrons. The summed E-state index contributed by atoms with van der Waals surface area (Å²) in [5.74, 6) is 1.41. The summed E-state index contributed by atoms with van der Waals surface area (Å²) in [6.07, 6.45) is 0.841. The van der Waals surface area contributed by atoms with E-state index in [4.69, 9.17) is 23.2 Å². The lowest BCUT2D eigenvalue weighted by Gasteiger charge is -2.12. The van der Waals surface area contributed by atoms with Crippen LogP contribution in [0.2, 0.25) is 10.0 Å². The van der Waals surface area contributed by atoms with Gasteiger partial charge in [-0.25, -0.2) is 9.97 Å². The Kier molecular flexibility index (Phi) is 4.27. The van der Waals surface area contributed by atoms with E-state index in [2.05, 4.69) is 22.2 Å². The van der Waals surface area contributed by atoms with Crippen molar-refractivity contribution >= 4 is 29.0 Å². The molecule has 0 aliphatic heterocycles. The molecule has 5 heteroatoms. The van der Waals surface area contributed by atoms with Crippen molar-refractivity contribution in [3.8, 4) is 11.4 Å². The molecule has 0 bridgehead atoms. The van der Waals surface area contributed by atoms with E-state index in [1.807, 2.05) is 26.1 Å². The van der Waals surface area contributed by atoms with Crippen LogP contribution in [0.15, 0.2) is 18.2 Å². The van der Waals surface area contributed by atoms with Gasteiger partial charge in [-0.05, 0) is 25.5 Å². The zero-order valence-corrected chi connectivity index (χ0v) is 12.6. The predicted molar refractivity (Wildman–Crippen MR) is 81.1 cm³/mol. The number of hydrogen-bond donors (Lipinski definition) is 1. The highest BCUT2D eigenvalue weighted by Crippen LogP contribution is 2.32. The minimum Gasteiger partial charge on any atom is -0.373 e. The first-order chi connectivity index (χ1) is 9.08. The van der Waals surface area contributed by atoms with E-state index in [0.29, 0.717) is 15.9 Å². The monoisotopic (exact) mass is 295 g/mol. The Balaban J connectivity index is 2.65. The topological polar surface area (TPSA) is 37.8 Å². The first-order valence-corrected chi connectivity index (χ1v) is 6.83. The summed E-state index contributed by atoms with van der Waals surface area (Å²) in [7, 11) is 1.85. The second-order valence-electron chi connectivity index (χ2n) is 4.17. The number of hydrogen-bond acceptors (Lipinski definition) is 3. The van der Waals surface area contributed by atoms with Gasteiger partial charge in [-0.15, -0.1) is 0 Å². The van der Waals surface area contributed by atoms with Crippen molar-refractivity contribution in [2.75, 3.05) is 12.4 Å². The number of nitrogens with one attached hydrogen (secondary N) is 1. The molecule has 0 fully saturated rings. The van der Waals surface area contributed by atoms with Crippen LogP contribution in [0.5, 0.6) is 0 Å². The maximum Gasteiger partial charge on any atom is 0.163 e. The summed E-state index contributed by atoms with van der Waals surface area (Å²) >= 11 is 12.3. The fourth-order valence-corrected chi connectivity index (χ4v) is 2.33. The number of nitrogens with zero attached hydrogens (tertiary/aromatic N) is 2. The highest BCUT2D eigenvalue weighted by atomic mass is 35.5. The maximum atomic E-state index is 6.23. The molecule has 0 aliphatic rings. The van der Waals surface area contributed by atoms with Crippen LogP contribution in [0, 0.1) is 6.92 Å². The zero-order chi connectivity index (χ0) is 14.0. The quantitative estimate of drug-likeness (QED) is 0.914. The second-order valence-corrected chi connectivity index (χ2v) is 4.96. The number of halogens is 2. The molecule has 0 saturated heterocycles. The van der Waals surface area contributed by atoms with Crippen LogP contribution >= 0.6 is 23.2 Å². The van der Waals surface area contributed by atoms with Gasteiger partial charge in [-0.3, -0.25) is 0 Å². The number of anilines is 1. The van der Waals surface area contributed by atoms with E-state index >= 15 is 0 Å². The van der Waals surface area contributed by atoms with Crippen LogP contribution in [0.3, 0.4) is 0 Å². The van der Waals surface area contributed by atoms with Crippen molar-refractivity contribution in [3.63, 3.8) is 0 Å². The normalized spacial score (nSPS) is 10.6. The number of aryl methyl sites for hydroxylation is 1. The fourth-order valence-electron chi connectivity index (χ4n) is 1.95. The average molecular weight is 296 g/mol. The summed E-state index contributed by atoms with van der Waals surface area (Å²) in [5.41, 5.74) is 2.82. The first-order valence-electron chi connectivity index (χ1n) is 6.08. The minimum atomic E-state index is 0.483. The summed E-state index contributed by atoms with van der Waals surface area (Å²) in [6, 6.07) is 5.47. The van der Waals surface area contributed by atoms with Gasteiger partial charge in [0.1, 0.15) is 5.82 Å². The molecular formula is C14H15Cl2N3. The van der Waals surface area contributed by atoms with Gasteiger partial charge in [0.05, 0.1) is 10.0 Å². The van der Waals surface area contributed by atoms with Gasteiger partial charge in [0.2, 0.25) is 0 Å². The highest BCUT2D eigenvalue weighted by molar-refractivity contribution is 6.43. The van der Waals surface area contributed by atoms with Crippen LogP contribution in [0.25, 0.3) is 11.4 Å². The Bertz CT molecular complexity index is 587. The molecule has 0 unspecified atom stereocenters. The van der Waals surface area contributed by atoms with Gasteiger partial charge >= 0.3 is 0 Å². The molecule has 0 saturated carbocycles. The van der Waals surface area contributed by atoms with Crippen molar-refractivity contribution in [1.29, 1.82) is 0 Å². The van der Waals surface area contributed by atoms with E-state index in [9.17, 15) is 0 Å². The van der Waals surface area contributed by atoms with Crippen LogP contribution in [-0.4, -0.2) is 17.0 Å². The fraction of sp³-hybridized carbons (Fsp3) is 0.286. The van der Waals surface area contributed by atoms with Gasteiger partial charge in [0.25, 0.3) is 0 Å². The molecule has 2 rings (SSSR count). The SMILES string of the molecule is CCc1nc(-c2cccc(Cl)c2Cl)nc(NC)c1C. The molecule has 0 spiro atoms. The summed E-state index contributed by atoms with van der Waals surface area (Å²) in [4.78, 5) is 9.08. The van der Waals surface area contributed by atoms with E-state index in [1.54, 1.807) is 6.07 Å². The van der Waals surface area contributed by atoms with Crippen LogP contribution in [-0.2, 0) is 6.42 Å². The highest BCUT2D eigenvalue weighted by Gasteiger charge is 2.13. The average Bonchev–Trinajstić information content (AvgIpc) is 2.42. The lowest BCUT2D eigenvalue weighted by atomic mass is 10.1. The summed E-state index contributed by atoms with van der Waals surface area (Å²) in [6.45, 7) is 4.08. The number of rotatable bonds is 3. The number of benzene rings is 1. The standard InChI is InChI=1S/C14H15Cl2N3/c1-4-11-8(2)13(17-3)19-14(18-11)9-6-5-7-10(15)12(9)16/h5-7H,4H2,1-3H3,(H,17,18,19). The Morgan fingerprint density at radius 3 is 2.58 bits per heavy atom. The van der Waals surface area contributed by atoms with Gasteiger partial charge in [0.15, 0.2) is 5.82 Å². The van der Waals surface area contributed by atoms with Gasteiger partial charge in [-0.1, -0.05) is 36.2 Å². The molecule has 0 amide bonds. The molecule has 3 nitrogen and oxygen atoms in total. The molecule has 0 aliphatic carbocycles. The largest absolute Gasteiger partial charge is 0.373 e. The molecule has 1 aromatic carbocycles. The Hall–Kier alpha value is -1.32. The predicted octanol–water partition coefficient (Wildman–Crippen LogP) is 4.36.